The lowest BCUT2D eigenvalue weighted by Crippen LogP contribution is -2.16. The third-order valence-corrected chi connectivity index (χ3v) is 3.66. The number of hydrogen-bond donors (Lipinski definition) is 2. The lowest BCUT2D eigenvalue weighted by molar-refractivity contribution is -0.115. The summed E-state index contributed by atoms with van der Waals surface area (Å²) in [7, 11) is 0. The number of pyridine rings is 1. The number of carbonyl (C=O) groups excluding carboxylic acids is 1. The molecule has 0 aliphatic carbocycles. The van der Waals surface area contributed by atoms with Crippen LogP contribution in [0.1, 0.15) is 11.4 Å². The highest BCUT2D eigenvalue weighted by Gasteiger charge is 2.12. The van der Waals surface area contributed by atoms with Crippen molar-refractivity contribution >= 4 is 33.7 Å². The summed E-state index contributed by atoms with van der Waals surface area (Å²) in [4.78, 5) is 24.1. The molecule has 25 heavy (non-hydrogen) atoms. The summed E-state index contributed by atoms with van der Waals surface area (Å²) < 4.78 is 0. The minimum Gasteiger partial charge on any atom is -0.340 e. The molecule has 2 N–H and O–H groups in total. The van der Waals surface area contributed by atoms with Gasteiger partial charge in [0.15, 0.2) is 5.82 Å². The first kappa shape index (κ1) is 14.7. The van der Waals surface area contributed by atoms with E-state index in [9.17, 15) is 4.79 Å². The van der Waals surface area contributed by atoms with Crippen molar-refractivity contribution in [3.05, 3.63) is 54.1 Å². The normalized spacial score (nSPS) is 10.7. The van der Waals surface area contributed by atoms with Gasteiger partial charge in [0.2, 0.25) is 5.91 Å². The van der Waals surface area contributed by atoms with Gasteiger partial charge in [0.05, 0.1) is 40.8 Å². The number of benzene rings is 1. The Morgan fingerprint density at radius 2 is 2.24 bits per heavy atom. The van der Waals surface area contributed by atoms with E-state index in [1.807, 2.05) is 0 Å². The van der Waals surface area contributed by atoms with Crippen LogP contribution in [0.25, 0.3) is 21.9 Å². The van der Waals surface area contributed by atoms with Crippen molar-refractivity contribution in [3.63, 3.8) is 0 Å². The molecule has 0 aliphatic rings. The van der Waals surface area contributed by atoms with Gasteiger partial charge in [-0.1, -0.05) is 0 Å². The van der Waals surface area contributed by atoms with Crippen molar-refractivity contribution in [3.8, 4) is 6.07 Å². The monoisotopic (exact) mass is 329 g/mol. The van der Waals surface area contributed by atoms with Crippen LogP contribution in [0.5, 0.6) is 0 Å². The van der Waals surface area contributed by atoms with Crippen molar-refractivity contribution in [2.75, 3.05) is 5.32 Å². The van der Waals surface area contributed by atoms with E-state index in [1.54, 1.807) is 36.5 Å². The molecule has 0 spiro atoms. The van der Waals surface area contributed by atoms with Crippen molar-refractivity contribution in [2.45, 2.75) is 6.42 Å². The molecule has 0 radical (unpaired) electrons. The number of anilines is 1. The number of aromatic nitrogens is 5. The number of hydrogen-bond acceptors (Lipinski definition) is 6. The van der Waals surface area contributed by atoms with Crippen LogP contribution < -0.4 is 5.32 Å². The predicted octanol–water partition coefficient (Wildman–Crippen LogP) is 1.95. The van der Waals surface area contributed by atoms with Gasteiger partial charge in [0.1, 0.15) is 5.82 Å². The second kappa shape index (κ2) is 5.98. The Balaban J connectivity index is 1.66. The number of imidazole rings is 1. The van der Waals surface area contributed by atoms with Crippen molar-refractivity contribution < 1.29 is 4.79 Å². The Morgan fingerprint density at radius 3 is 3.04 bits per heavy atom. The molecule has 1 aromatic carbocycles. The summed E-state index contributed by atoms with van der Waals surface area (Å²) in [6.45, 7) is 0. The number of nitriles is 1. The fraction of sp³-hybridized carbons (Fsp3) is 0.0588. The van der Waals surface area contributed by atoms with Crippen LogP contribution in [0.2, 0.25) is 0 Å². The van der Waals surface area contributed by atoms with E-state index in [-0.39, 0.29) is 12.3 Å². The highest BCUT2D eigenvalue weighted by Crippen LogP contribution is 2.23. The lowest BCUT2D eigenvalue weighted by Gasteiger charge is -2.00. The molecule has 8 nitrogen and oxygen atoms in total. The average Bonchev–Trinajstić information content (AvgIpc) is 3.04. The molecule has 120 valence electrons. The van der Waals surface area contributed by atoms with E-state index < -0.39 is 0 Å². The number of nitrogens with one attached hydrogen (secondary N) is 2. The molecule has 3 heterocycles. The van der Waals surface area contributed by atoms with Gasteiger partial charge in [-0.15, -0.1) is 5.10 Å². The van der Waals surface area contributed by atoms with E-state index >= 15 is 0 Å². The first-order valence-electron chi connectivity index (χ1n) is 7.48. The lowest BCUT2D eigenvalue weighted by atomic mass is 10.1. The maximum atomic E-state index is 12.1. The summed E-state index contributed by atoms with van der Waals surface area (Å²) in [5.41, 5.74) is 2.68. The third-order valence-electron chi connectivity index (χ3n) is 3.66. The smallest absolute Gasteiger partial charge is 0.233 e. The quantitative estimate of drug-likeness (QED) is 0.592. The zero-order chi connectivity index (χ0) is 17.2. The Hall–Kier alpha value is -3.86. The molecule has 1 amide bonds. The van der Waals surface area contributed by atoms with Crippen LogP contribution in [0.4, 0.5) is 5.82 Å². The van der Waals surface area contributed by atoms with Gasteiger partial charge in [0, 0.05) is 11.6 Å². The molecule has 0 saturated heterocycles. The van der Waals surface area contributed by atoms with Crippen molar-refractivity contribution in [1.82, 2.24) is 25.1 Å². The summed E-state index contributed by atoms with van der Waals surface area (Å²) in [6.07, 6.45) is 3.26. The van der Waals surface area contributed by atoms with Crippen LogP contribution in [0.3, 0.4) is 0 Å². The standard InChI is InChI=1S/C17H11N7O/c18-8-10-3-4-12-11(6-10)17-13(9-19-12)21-15(23-17)7-16(25)22-14-2-1-5-20-24-14/h1-6,9H,7H2,(H,21,23)(H,22,24,25). The van der Waals surface area contributed by atoms with Crippen molar-refractivity contribution in [2.24, 2.45) is 0 Å². The van der Waals surface area contributed by atoms with Gasteiger partial charge in [-0.05, 0) is 30.3 Å². The predicted molar refractivity (Wildman–Crippen MR) is 90.5 cm³/mol. The first-order chi connectivity index (χ1) is 12.2. The molecular formula is C17H11N7O. The molecule has 0 atom stereocenters. The Morgan fingerprint density at radius 1 is 1.32 bits per heavy atom. The maximum Gasteiger partial charge on any atom is 0.233 e. The molecular weight excluding hydrogens is 318 g/mol. The maximum absolute atomic E-state index is 12.1. The minimum absolute atomic E-state index is 0.0602. The number of H-pyrrole nitrogens is 1. The Bertz CT molecular complexity index is 1130. The number of aromatic amines is 1. The Kier molecular flexibility index (Phi) is 3.52. The summed E-state index contributed by atoms with van der Waals surface area (Å²) in [6, 6.07) is 10.7. The molecule has 0 unspecified atom stereocenters. The fourth-order valence-corrected chi connectivity index (χ4v) is 2.57. The zero-order valence-corrected chi connectivity index (χ0v) is 12.9. The Labute approximate surface area is 141 Å². The average molecular weight is 329 g/mol. The molecule has 8 heteroatoms. The molecule has 0 fully saturated rings. The summed E-state index contributed by atoms with van der Waals surface area (Å²) >= 11 is 0. The van der Waals surface area contributed by atoms with Crippen molar-refractivity contribution in [1.29, 1.82) is 5.26 Å². The SMILES string of the molecule is N#Cc1ccc2ncc3[nH]c(CC(=O)Nc4cccnn4)nc3c2c1. The van der Waals surface area contributed by atoms with Gasteiger partial charge < -0.3 is 10.3 Å². The van der Waals surface area contributed by atoms with Crippen LogP contribution in [-0.2, 0) is 11.2 Å². The first-order valence-corrected chi connectivity index (χ1v) is 7.48. The molecule has 0 aliphatic heterocycles. The van der Waals surface area contributed by atoms with Crippen LogP contribution >= 0.6 is 0 Å². The topological polar surface area (TPSA) is 120 Å². The molecule has 0 saturated carbocycles. The second-order valence-electron chi connectivity index (χ2n) is 5.38. The summed E-state index contributed by atoms with van der Waals surface area (Å²) in [5, 5.41) is 20.0. The molecule has 3 aromatic heterocycles. The van der Waals surface area contributed by atoms with Gasteiger partial charge in [-0.2, -0.15) is 10.4 Å². The van der Waals surface area contributed by atoms with E-state index in [0.29, 0.717) is 28.2 Å². The largest absolute Gasteiger partial charge is 0.340 e. The minimum atomic E-state index is -0.255. The van der Waals surface area contributed by atoms with Gasteiger partial charge in [-0.3, -0.25) is 9.78 Å². The van der Waals surface area contributed by atoms with E-state index in [4.69, 9.17) is 5.26 Å². The van der Waals surface area contributed by atoms with Gasteiger partial charge >= 0.3 is 0 Å². The number of rotatable bonds is 3. The summed E-state index contributed by atoms with van der Waals surface area (Å²) in [5.74, 6) is 0.636. The van der Waals surface area contributed by atoms with Crippen LogP contribution in [0.15, 0.2) is 42.7 Å². The number of carbonyl (C=O) groups is 1. The molecule has 4 rings (SSSR count). The van der Waals surface area contributed by atoms with E-state index in [1.165, 1.54) is 6.20 Å². The third kappa shape index (κ3) is 2.86. The number of fused-ring (bicyclic) bond motifs is 3. The van der Waals surface area contributed by atoms with Crippen LogP contribution in [0, 0.1) is 11.3 Å². The zero-order valence-electron chi connectivity index (χ0n) is 12.9. The van der Waals surface area contributed by atoms with E-state index in [0.717, 1.165) is 10.9 Å². The van der Waals surface area contributed by atoms with Gasteiger partial charge in [-0.25, -0.2) is 4.98 Å². The number of nitrogens with zero attached hydrogens (tertiary/aromatic N) is 5. The molecule has 4 aromatic rings. The molecule has 0 bridgehead atoms. The fourth-order valence-electron chi connectivity index (χ4n) is 2.57. The number of amides is 1. The van der Waals surface area contributed by atoms with E-state index in [2.05, 4.69) is 36.5 Å². The van der Waals surface area contributed by atoms with Gasteiger partial charge in [0.25, 0.3) is 0 Å². The second-order valence-corrected chi connectivity index (χ2v) is 5.38. The highest BCUT2D eigenvalue weighted by molar-refractivity contribution is 6.02. The van der Waals surface area contributed by atoms with Crippen LogP contribution in [-0.4, -0.2) is 31.1 Å². The highest BCUT2D eigenvalue weighted by atomic mass is 16.1.